The van der Waals surface area contributed by atoms with Crippen molar-refractivity contribution in [1.82, 2.24) is 0 Å². The van der Waals surface area contributed by atoms with Crippen LogP contribution in [0.25, 0.3) is 0 Å². The normalized spacial score (nSPS) is 30.3. The summed E-state index contributed by atoms with van der Waals surface area (Å²) in [5.74, 6) is 2.46. The molecule has 0 amide bonds. The molecule has 3 heteroatoms. The molecule has 0 spiro atoms. The van der Waals surface area contributed by atoms with Crippen LogP contribution in [0.1, 0.15) is 62.8 Å². The van der Waals surface area contributed by atoms with Gasteiger partial charge < -0.3 is 9.84 Å². The van der Waals surface area contributed by atoms with Crippen LogP contribution in [-0.2, 0) is 4.79 Å². The lowest BCUT2D eigenvalue weighted by atomic mass is 9.67. The molecule has 1 atom stereocenters. The minimum atomic E-state index is -0.705. The van der Waals surface area contributed by atoms with Crippen molar-refractivity contribution in [2.75, 3.05) is 7.11 Å². The second kappa shape index (κ2) is 8.75. The number of rotatable bonds is 6. The van der Waals surface area contributed by atoms with Crippen molar-refractivity contribution >= 4 is 5.97 Å². The average molecular weight is 357 g/mol. The number of benzene rings is 1. The summed E-state index contributed by atoms with van der Waals surface area (Å²) in [6, 6.07) is 8.58. The van der Waals surface area contributed by atoms with E-state index in [0.717, 1.165) is 30.4 Å². The van der Waals surface area contributed by atoms with Crippen molar-refractivity contribution in [2.24, 2.45) is 23.7 Å². The van der Waals surface area contributed by atoms with Crippen LogP contribution in [0.3, 0.4) is 0 Å². The van der Waals surface area contributed by atoms with E-state index in [1.54, 1.807) is 13.2 Å². The predicted molar refractivity (Wildman–Crippen MR) is 104 cm³/mol. The van der Waals surface area contributed by atoms with E-state index in [0.29, 0.717) is 5.92 Å². The fourth-order valence-electron chi connectivity index (χ4n) is 5.27. The summed E-state index contributed by atoms with van der Waals surface area (Å²) in [6.45, 7) is 3.73. The number of carboxylic acid groups (broad SMARTS) is 1. The predicted octanol–water partition coefficient (Wildman–Crippen LogP) is 5.66. The van der Waals surface area contributed by atoms with Gasteiger partial charge in [-0.2, -0.15) is 0 Å². The van der Waals surface area contributed by atoms with Crippen LogP contribution < -0.4 is 4.74 Å². The molecule has 26 heavy (non-hydrogen) atoms. The number of carboxylic acids is 1. The highest BCUT2D eigenvalue weighted by molar-refractivity contribution is 5.72. The monoisotopic (exact) mass is 356 g/mol. The largest absolute Gasteiger partial charge is 0.497 e. The zero-order chi connectivity index (χ0) is 18.5. The van der Waals surface area contributed by atoms with Gasteiger partial charge in [0.1, 0.15) is 5.75 Å². The first-order chi connectivity index (χ1) is 12.6. The van der Waals surface area contributed by atoms with E-state index >= 15 is 0 Å². The molecule has 2 fully saturated rings. The van der Waals surface area contributed by atoms with E-state index in [-0.39, 0.29) is 11.8 Å². The van der Waals surface area contributed by atoms with E-state index in [1.165, 1.54) is 44.1 Å². The molecule has 1 aromatic carbocycles. The molecule has 2 aliphatic rings. The highest BCUT2D eigenvalue weighted by atomic mass is 16.5. The van der Waals surface area contributed by atoms with Gasteiger partial charge in [0.05, 0.1) is 13.0 Å². The Balaban J connectivity index is 1.48. The number of carbonyl (C=O) groups is 1. The zero-order valence-corrected chi connectivity index (χ0v) is 15.9. The lowest BCUT2D eigenvalue weighted by Gasteiger charge is -2.38. The third-order valence-electron chi connectivity index (χ3n) is 6.89. The first-order valence-electron chi connectivity index (χ1n) is 10.1. The van der Waals surface area contributed by atoms with E-state index < -0.39 is 5.97 Å². The van der Waals surface area contributed by atoms with Gasteiger partial charge in [-0.15, -0.1) is 6.58 Å². The van der Waals surface area contributed by atoms with Gasteiger partial charge in [-0.25, -0.2) is 0 Å². The summed E-state index contributed by atoms with van der Waals surface area (Å²) >= 11 is 0. The molecule has 2 aliphatic carbocycles. The van der Waals surface area contributed by atoms with Gasteiger partial charge in [0.25, 0.3) is 0 Å². The highest BCUT2D eigenvalue weighted by Gasteiger charge is 2.34. The fourth-order valence-corrected chi connectivity index (χ4v) is 5.27. The third kappa shape index (κ3) is 4.31. The molecule has 0 saturated heterocycles. The Hall–Kier alpha value is -1.77. The van der Waals surface area contributed by atoms with Gasteiger partial charge in [0, 0.05) is 0 Å². The molecule has 2 saturated carbocycles. The number of hydrogen-bond donors (Lipinski definition) is 1. The number of ether oxygens (including phenoxy) is 1. The van der Waals surface area contributed by atoms with Crippen molar-refractivity contribution < 1.29 is 14.6 Å². The van der Waals surface area contributed by atoms with Crippen LogP contribution in [0.4, 0.5) is 0 Å². The van der Waals surface area contributed by atoms with Gasteiger partial charge in [0.15, 0.2) is 0 Å². The van der Waals surface area contributed by atoms with E-state index in [2.05, 4.69) is 30.8 Å². The van der Waals surface area contributed by atoms with E-state index in [4.69, 9.17) is 4.74 Å². The summed E-state index contributed by atoms with van der Waals surface area (Å²) in [4.78, 5) is 11.3. The topological polar surface area (TPSA) is 46.5 Å². The highest BCUT2D eigenvalue weighted by Crippen LogP contribution is 2.45. The average Bonchev–Trinajstić information content (AvgIpc) is 2.69. The molecule has 0 aliphatic heterocycles. The Morgan fingerprint density at radius 2 is 1.58 bits per heavy atom. The van der Waals surface area contributed by atoms with Crippen molar-refractivity contribution in [1.29, 1.82) is 0 Å². The summed E-state index contributed by atoms with van der Waals surface area (Å²) < 4.78 is 5.26. The molecular formula is C23H32O3. The minimum absolute atomic E-state index is 0.289. The molecule has 142 valence electrons. The standard InChI is InChI=1S/C23H32O3/c1-3-22(23(24)25)20-10-8-18(9-11-20)16-4-6-17(7-5-16)19-12-14-21(26-2)15-13-19/h3,12-18,20,22H,1,4-11H2,2H3,(H,24,25)/t16-,17-,18-,20-,22?. The summed E-state index contributed by atoms with van der Waals surface area (Å²) in [7, 11) is 1.71. The molecule has 3 rings (SSSR count). The van der Waals surface area contributed by atoms with Crippen LogP contribution in [0.5, 0.6) is 5.75 Å². The summed E-state index contributed by atoms with van der Waals surface area (Å²) in [5, 5.41) is 9.33. The van der Waals surface area contributed by atoms with Crippen molar-refractivity contribution in [3.8, 4) is 5.75 Å². The lowest BCUT2D eigenvalue weighted by molar-refractivity contribution is -0.142. The maximum Gasteiger partial charge on any atom is 0.310 e. The molecule has 3 nitrogen and oxygen atoms in total. The Bertz CT molecular complexity index is 590. The number of hydrogen-bond acceptors (Lipinski definition) is 2. The maximum absolute atomic E-state index is 11.3. The van der Waals surface area contributed by atoms with Gasteiger partial charge >= 0.3 is 5.97 Å². The van der Waals surface area contributed by atoms with E-state index in [9.17, 15) is 9.90 Å². The van der Waals surface area contributed by atoms with Crippen LogP contribution in [-0.4, -0.2) is 18.2 Å². The Kier molecular flexibility index (Phi) is 6.39. The SMILES string of the molecule is C=CC(C(=O)O)[C@H]1CC[C@H]([C@H]2CC[C@H](c3ccc(OC)cc3)CC2)CC1. The van der Waals surface area contributed by atoms with Crippen molar-refractivity contribution in [3.63, 3.8) is 0 Å². The second-order valence-electron chi connectivity index (χ2n) is 8.16. The molecule has 0 heterocycles. The fraction of sp³-hybridized carbons (Fsp3) is 0.609. The molecule has 1 unspecified atom stereocenters. The first-order valence-corrected chi connectivity index (χ1v) is 10.1. The maximum atomic E-state index is 11.3. The van der Waals surface area contributed by atoms with Crippen LogP contribution in [0, 0.1) is 23.7 Å². The molecule has 0 bridgehead atoms. The molecule has 0 aromatic heterocycles. The quantitative estimate of drug-likeness (QED) is 0.669. The molecule has 1 N–H and O–H groups in total. The van der Waals surface area contributed by atoms with Crippen molar-refractivity contribution in [3.05, 3.63) is 42.5 Å². The Morgan fingerprint density at radius 1 is 1.04 bits per heavy atom. The van der Waals surface area contributed by atoms with Gasteiger partial charge in [0.2, 0.25) is 0 Å². The van der Waals surface area contributed by atoms with Crippen LogP contribution >= 0.6 is 0 Å². The number of methoxy groups -OCH3 is 1. The third-order valence-corrected chi connectivity index (χ3v) is 6.89. The van der Waals surface area contributed by atoms with Gasteiger partial charge in [-0.3, -0.25) is 4.79 Å². The van der Waals surface area contributed by atoms with Gasteiger partial charge in [-0.05, 0) is 92.7 Å². The smallest absolute Gasteiger partial charge is 0.310 e. The zero-order valence-electron chi connectivity index (χ0n) is 15.9. The molecule has 0 radical (unpaired) electrons. The summed E-state index contributed by atoms with van der Waals surface area (Å²) in [5.41, 5.74) is 1.45. The molecular weight excluding hydrogens is 324 g/mol. The Morgan fingerprint density at radius 3 is 2.04 bits per heavy atom. The van der Waals surface area contributed by atoms with Crippen LogP contribution in [0.2, 0.25) is 0 Å². The number of aliphatic carboxylic acids is 1. The first kappa shape index (κ1) is 19.0. The molecule has 1 aromatic rings. The Labute approximate surface area is 157 Å². The van der Waals surface area contributed by atoms with E-state index in [1.807, 2.05) is 0 Å². The second-order valence-corrected chi connectivity index (χ2v) is 8.16. The van der Waals surface area contributed by atoms with Crippen molar-refractivity contribution in [2.45, 2.75) is 57.3 Å². The van der Waals surface area contributed by atoms with Crippen LogP contribution in [0.15, 0.2) is 36.9 Å². The minimum Gasteiger partial charge on any atom is -0.497 e. The lowest BCUT2D eigenvalue weighted by Crippen LogP contribution is -2.30. The summed E-state index contributed by atoms with van der Waals surface area (Å²) in [6.07, 6.45) is 11.3. The van der Waals surface area contributed by atoms with Gasteiger partial charge in [-0.1, -0.05) is 18.2 Å².